The minimum atomic E-state index is -1.39. The topological polar surface area (TPSA) is 101 Å². The number of hydrogen-bond donors (Lipinski definition) is 2. The summed E-state index contributed by atoms with van der Waals surface area (Å²) >= 11 is 0. The number of carbonyl (C=O) groups is 2. The lowest BCUT2D eigenvalue weighted by Gasteiger charge is -2.13. The van der Waals surface area contributed by atoms with Crippen molar-refractivity contribution in [1.82, 2.24) is 9.55 Å². The third-order valence-corrected chi connectivity index (χ3v) is 4.25. The summed E-state index contributed by atoms with van der Waals surface area (Å²) in [7, 11) is 0. The Bertz CT molecular complexity index is 1270. The van der Waals surface area contributed by atoms with Gasteiger partial charge in [0.25, 0.3) is 0 Å². The number of nitrogens with one attached hydrogen (secondary N) is 1. The van der Waals surface area contributed by atoms with Gasteiger partial charge in [-0.1, -0.05) is 18.2 Å². The maximum atomic E-state index is 12.9. The number of pyridine rings is 2. The molecule has 0 aliphatic rings. The number of hydrogen-bond acceptors (Lipinski definition) is 4. The molecule has 0 unspecified atom stereocenters. The molecule has 7 heteroatoms. The normalized spacial score (nSPS) is 10.8. The molecule has 0 bridgehead atoms. The van der Waals surface area contributed by atoms with E-state index < -0.39 is 23.0 Å². The van der Waals surface area contributed by atoms with Gasteiger partial charge in [-0.2, -0.15) is 0 Å². The first-order chi connectivity index (χ1) is 13.1. The van der Waals surface area contributed by atoms with Crippen LogP contribution in [-0.2, 0) is 0 Å². The molecular formula is C20H13N3O4. The monoisotopic (exact) mass is 359 g/mol. The molecule has 4 rings (SSSR count). The molecule has 0 fully saturated rings. The highest BCUT2D eigenvalue weighted by Crippen LogP contribution is 2.22. The van der Waals surface area contributed by atoms with E-state index in [0.29, 0.717) is 16.7 Å². The second-order valence-electron chi connectivity index (χ2n) is 5.87. The Morgan fingerprint density at radius 3 is 2.56 bits per heavy atom. The number of carboxylic acids is 1. The van der Waals surface area contributed by atoms with Gasteiger partial charge in [-0.15, -0.1) is 0 Å². The van der Waals surface area contributed by atoms with Crippen molar-refractivity contribution < 1.29 is 14.7 Å². The summed E-state index contributed by atoms with van der Waals surface area (Å²) in [6, 6.07) is 14.7. The summed E-state index contributed by atoms with van der Waals surface area (Å²) in [5.41, 5.74) is 0.472. The van der Waals surface area contributed by atoms with Crippen molar-refractivity contribution in [3.8, 4) is 0 Å². The highest BCUT2D eigenvalue weighted by atomic mass is 16.4. The highest BCUT2D eigenvalue weighted by molar-refractivity contribution is 6.04. The van der Waals surface area contributed by atoms with Crippen molar-refractivity contribution in [2.24, 2.45) is 0 Å². The first-order valence-electron chi connectivity index (χ1n) is 8.09. The molecule has 2 heterocycles. The second kappa shape index (κ2) is 6.38. The zero-order chi connectivity index (χ0) is 19.0. The Kier molecular flexibility index (Phi) is 3.89. The molecule has 0 spiro atoms. The maximum absolute atomic E-state index is 12.9. The molecule has 0 aliphatic heterocycles. The van der Waals surface area contributed by atoms with Gasteiger partial charge in [0.15, 0.2) is 0 Å². The average molecular weight is 359 g/mol. The summed E-state index contributed by atoms with van der Waals surface area (Å²) < 4.78 is 1.13. The van der Waals surface area contributed by atoms with E-state index in [4.69, 9.17) is 0 Å². The van der Waals surface area contributed by atoms with E-state index in [1.54, 1.807) is 42.6 Å². The van der Waals surface area contributed by atoms with Crippen LogP contribution in [0.1, 0.15) is 10.4 Å². The molecular weight excluding hydrogens is 346 g/mol. The van der Waals surface area contributed by atoms with Crippen molar-refractivity contribution in [2.75, 3.05) is 5.32 Å². The molecule has 2 aromatic heterocycles. The summed E-state index contributed by atoms with van der Waals surface area (Å²) in [6.45, 7) is 0. The third kappa shape index (κ3) is 2.81. The first kappa shape index (κ1) is 16.5. The van der Waals surface area contributed by atoms with Crippen LogP contribution >= 0.6 is 0 Å². The number of amides is 1. The molecule has 2 N–H and O–H groups in total. The highest BCUT2D eigenvalue weighted by Gasteiger charge is 2.18. The SMILES string of the molecule is O=C(O)c1cn(C(=O)Nc2cccc3ncccc23)c2ccccc2c1=O. The number of rotatable bonds is 2. The minimum absolute atomic E-state index is 0.159. The Morgan fingerprint density at radius 1 is 0.963 bits per heavy atom. The molecule has 132 valence electrons. The van der Waals surface area contributed by atoms with Gasteiger partial charge in [-0.05, 0) is 36.4 Å². The summed E-state index contributed by atoms with van der Waals surface area (Å²) in [6.07, 6.45) is 2.70. The molecule has 2 aromatic carbocycles. The number of carbonyl (C=O) groups excluding carboxylic acids is 1. The lowest BCUT2D eigenvalue weighted by atomic mass is 10.1. The van der Waals surface area contributed by atoms with Gasteiger partial charge in [0.1, 0.15) is 5.56 Å². The van der Waals surface area contributed by atoms with Crippen molar-refractivity contribution in [1.29, 1.82) is 0 Å². The summed E-state index contributed by atoms with van der Waals surface area (Å²) in [5.74, 6) is -1.39. The van der Waals surface area contributed by atoms with Crippen molar-refractivity contribution in [3.63, 3.8) is 0 Å². The predicted molar refractivity (Wildman–Crippen MR) is 101 cm³/mol. The Labute approximate surface area is 152 Å². The predicted octanol–water partition coefficient (Wildman–Crippen LogP) is 3.33. The van der Waals surface area contributed by atoms with E-state index >= 15 is 0 Å². The molecule has 0 radical (unpaired) electrons. The fourth-order valence-electron chi connectivity index (χ4n) is 2.99. The largest absolute Gasteiger partial charge is 0.477 e. The summed E-state index contributed by atoms with van der Waals surface area (Å²) in [4.78, 5) is 40.9. The van der Waals surface area contributed by atoms with Crippen LogP contribution in [-0.4, -0.2) is 26.7 Å². The number of carboxylic acid groups (broad SMARTS) is 1. The van der Waals surface area contributed by atoms with E-state index in [2.05, 4.69) is 10.3 Å². The standard InChI is InChI=1S/C20H13N3O4/c24-18-13-5-1-2-9-17(13)23(11-14(18)19(25)26)20(27)22-16-8-3-7-15-12(16)6-4-10-21-15/h1-11H,(H,22,27)(H,25,26). The molecule has 0 atom stereocenters. The number of nitrogens with zero attached hydrogens (tertiary/aromatic N) is 2. The van der Waals surface area contributed by atoms with Gasteiger partial charge in [0.2, 0.25) is 5.43 Å². The van der Waals surface area contributed by atoms with E-state index in [1.807, 2.05) is 12.1 Å². The maximum Gasteiger partial charge on any atom is 0.341 e. The van der Waals surface area contributed by atoms with E-state index in [-0.39, 0.29) is 5.39 Å². The summed E-state index contributed by atoms with van der Waals surface area (Å²) in [5, 5.41) is 13.0. The van der Waals surface area contributed by atoms with Gasteiger partial charge in [-0.25, -0.2) is 9.59 Å². The Balaban J connectivity index is 1.87. The zero-order valence-corrected chi connectivity index (χ0v) is 13.9. The van der Waals surface area contributed by atoms with Gasteiger partial charge in [0.05, 0.1) is 16.7 Å². The van der Waals surface area contributed by atoms with Crippen LogP contribution in [0.4, 0.5) is 10.5 Å². The lowest BCUT2D eigenvalue weighted by molar-refractivity contribution is 0.0695. The smallest absolute Gasteiger partial charge is 0.341 e. The number of benzene rings is 2. The van der Waals surface area contributed by atoms with Gasteiger partial charge >= 0.3 is 12.0 Å². The quantitative estimate of drug-likeness (QED) is 0.572. The van der Waals surface area contributed by atoms with Crippen LogP contribution < -0.4 is 10.7 Å². The van der Waals surface area contributed by atoms with Crippen molar-refractivity contribution in [3.05, 3.63) is 82.8 Å². The second-order valence-corrected chi connectivity index (χ2v) is 5.87. The van der Waals surface area contributed by atoms with E-state index in [1.165, 1.54) is 6.07 Å². The number of aromatic carboxylic acids is 1. The van der Waals surface area contributed by atoms with Gasteiger partial charge < -0.3 is 10.4 Å². The molecule has 0 aliphatic carbocycles. The van der Waals surface area contributed by atoms with Crippen LogP contribution in [0.15, 0.2) is 71.8 Å². The van der Waals surface area contributed by atoms with Crippen LogP contribution in [0.2, 0.25) is 0 Å². The van der Waals surface area contributed by atoms with Gasteiger partial charge in [0, 0.05) is 23.2 Å². The number of aromatic nitrogens is 2. The Morgan fingerprint density at radius 2 is 1.74 bits per heavy atom. The zero-order valence-electron chi connectivity index (χ0n) is 13.9. The number of anilines is 1. The van der Waals surface area contributed by atoms with Crippen molar-refractivity contribution >= 4 is 39.5 Å². The molecule has 4 aromatic rings. The van der Waals surface area contributed by atoms with E-state index in [9.17, 15) is 19.5 Å². The molecule has 7 nitrogen and oxygen atoms in total. The number of para-hydroxylation sites is 1. The fourth-order valence-corrected chi connectivity index (χ4v) is 2.99. The first-order valence-corrected chi connectivity index (χ1v) is 8.09. The average Bonchev–Trinajstić information content (AvgIpc) is 2.68. The molecule has 1 amide bonds. The number of fused-ring (bicyclic) bond motifs is 2. The van der Waals surface area contributed by atoms with Crippen LogP contribution in [0.25, 0.3) is 21.8 Å². The van der Waals surface area contributed by atoms with Gasteiger partial charge in [-0.3, -0.25) is 14.3 Å². The van der Waals surface area contributed by atoms with Crippen molar-refractivity contribution in [2.45, 2.75) is 0 Å². The fraction of sp³-hybridized carbons (Fsp3) is 0. The van der Waals surface area contributed by atoms with E-state index in [0.717, 1.165) is 16.2 Å². The molecule has 0 saturated carbocycles. The lowest BCUT2D eigenvalue weighted by Crippen LogP contribution is -2.25. The Hall–Kier alpha value is -4.00. The molecule has 27 heavy (non-hydrogen) atoms. The minimum Gasteiger partial charge on any atom is -0.477 e. The third-order valence-electron chi connectivity index (χ3n) is 4.25. The van der Waals surface area contributed by atoms with Crippen LogP contribution in [0.5, 0.6) is 0 Å². The van der Waals surface area contributed by atoms with Crippen LogP contribution in [0.3, 0.4) is 0 Å². The van der Waals surface area contributed by atoms with Crippen LogP contribution in [0, 0.1) is 0 Å². The molecule has 0 saturated heterocycles.